The number of hydrogen-bond acceptors (Lipinski definition) is 5. The van der Waals surface area contributed by atoms with Gasteiger partial charge in [-0.05, 0) is 36.2 Å². The molecule has 2 heterocycles. The van der Waals surface area contributed by atoms with Crippen LogP contribution < -0.4 is 20.9 Å². The maximum absolute atomic E-state index is 6.59. The lowest BCUT2D eigenvalue weighted by Gasteiger charge is -2.28. The van der Waals surface area contributed by atoms with Crippen molar-refractivity contribution in [1.82, 2.24) is 4.98 Å². The molecule has 0 bridgehead atoms. The summed E-state index contributed by atoms with van der Waals surface area (Å²) in [5, 5.41) is 0. The molecular formula is C15H17N3O2. The number of fused-ring (bicyclic) bond motifs is 1. The highest BCUT2D eigenvalue weighted by Crippen LogP contribution is 2.42. The number of benzene rings is 1. The Hall–Kier alpha value is -2.11. The number of hydrogen-bond donors (Lipinski definition) is 2. The smallest absolute Gasteiger partial charge is 0.174 e. The lowest BCUT2D eigenvalue weighted by molar-refractivity contribution is 0.177. The molecule has 4 N–H and O–H groups in total. The average Bonchev–Trinajstić information content (AvgIpc) is 2.71. The standard InChI is InChI=1S/C15H17N3O2/c1-9-5-10(7-11(6-9)19-2)15(17)12-3-4-18-8-13(12)20-14(15)16/h3-8,14H,16-17H2,1-2H3. The first kappa shape index (κ1) is 12.9. The number of aryl methyl sites for hydroxylation is 1. The third-order valence-electron chi connectivity index (χ3n) is 3.70. The van der Waals surface area contributed by atoms with Crippen LogP contribution in [0.25, 0.3) is 0 Å². The summed E-state index contributed by atoms with van der Waals surface area (Å²) in [6.45, 7) is 1.99. The van der Waals surface area contributed by atoms with E-state index in [1.54, 1.807) is 19.5 Å². The third-order valence-corrected chi connectivity index (χ3v) is 3.70. The van der Waals surface area contributed by atoms with E-state index >= 15 is 0 Å². The highest BCUT2D eigenvalue weighted by molar-refractivity contribution is 5.52. The van der Waals surface area contributed by atoms with E-state index < -0.39 is 11.8 Å². The second-order valence-corrected chi connectivity index (χ2v) is 5.02. The van der Waals surface area contributed by atoms with Gasteiger partial charge in [-0.1, -0.05) is 6.07 Å². The number of nitrogens with zero attached hydrogens (tertiary/aromatic N) is 1. The van der Waals surface area contributed by atoms with Crippen LogP contribution in [0.4, 0.5) is 0 Å². The molecule has 0 aliphatic carbocycles. The van der Waals surface area contributed by atoms with Crippen molar-refractivity contribution in [3.63, 3.8) is 0 Å². The summed E-state index contributed by atoms with van der Waals surface area (Å²) in [4.78, 5) is 4.04. The zero-order chi connectivity index (χ0) is 14.3. The molecule has 5 nitrogen and oxygen atoms in total. The van der Waals surface area contributed by atoms with Crippen molar-refractivity contribution in [3.05, 3.63) is 53.3 Å². The Labute approximate surface area is 117 Å². The van der Waals surface area contributed by atoms with E-state index in [1.165, 1.54) is 0 Å². The second-order valence-electron chi connectivity index (χ2n) is 5.02. The first-order valence-corrected chi connectivity index (χ1v) is 6.37. The molecule has 0 fully saturated rings. The van der Waals surface area contributed by atoms with Crippen molar-refractivity contribution < 1.29 is 9.47 Å². The molecular weight excluding hydrogens is 254 g/mol. The Morgan fingerprint density at radius 1 is 1.35 bits per heavy atom. The van der Waals surface area contributed by atoms with Crippen LogP contribution in [0, 0.1) is 6.92 Å². The Bertz CT molecular complexity index is 659. The number of rotatable bonds is 2. The minimum Gasteiger partial charge on any atom is -0.497 e. The third kappa shape index (κ3) is 1.75. The van der Waals surface area contributed by atoms with Gasteiger partial charge in [0.15, 0.2) is 6.23 Å². The number of pyridine rings is 1. The second kappa shape index (κ2) is 4.47. The van der Waals surface area contributed by atoms with Crippen molar-refractivity contribution in [2.75, 3.05) is 7.11 Å². The normalized spacial score (nSPS) is 24.1. The fourth-order valence-corrected chi connectivity index (χ4v) is 2.62. The van der Waals surface area contributed by atoms with Gasteiger partial charge in [0, 0.05) is 11.8 Å². The summed E-state index contributed by atoms with van der Waals surface area (Å²) in [6.07, 6.45) is 2.67. The quantitative estimate of drug-likeness (QED) is 0.859. The van der Waals surface area contributed by atoms with Crippen molar-refractivity contribution in [2.24, 2.45) is 11.5 Å². The van der Waals surface area contributed by atoms with Crippen LogP contribution in [-0.2, 0) is 5.54 Å². The number of nitrogens with two attached hydrogens (primary N) is 2. The maximum Gasteiger partial charge on any atom is 0.174 e. The summed E-state index contributed by atoms with van der Waals surface area (Å²) in [5.41, 5.74) is 14.6. The van der Waals surface area contributed by atoms with Gasteiger partial charge in [-0.3, -0.25) is 10.7 Å². The molecule has 2 atom stereocenters. The zero-order valence-electron chi connectivity index (χ0n) is 11.5. The van der Waals surface area contributed by atoms with Crippen LogP contribution in [0.1, 0.15) is 16.7 Å². The van der Waals surface area contributed by atoms with Crippen molar-refractivity contribution in [3.8, 4) is 11.5 Å². The lowest BCUT2D eigenvalue weighted by atomic mass is 9.83. The first-order chi connectivity index (χ1) is 9.55. The van der Waals surface area contributed by atoms with Gasteiger partial charge < -0.3 is 15.2 Å². The van der Waals surface area contributed by atoms with Crippen molar-refractivity contribution >= 4 is 0 Å². The fraction of sp³-hybridized carbons (Fsp3) is 0.267. The lowest BCUT2D eigenvalue weighted by Crippen LogP contribution is -2.52. The average molecular weight is 271 g/mol. The van der Waals surface area contributed by atoms with Gasteiger partial charge in [-0.2, -0.15) is 0 Å². The highest BCUT2D eigenvalue weighted by atomic mass is 16.5. The minimum absolute atomic E-state index is 0.628. The Morgan fingerprint density at radius 3 is 2.90 bits per heavy atom. The summed E-state index contributed by atoms with van der Waals surface area (Å²) < 4.78 is 11.0. The van der Waals surface area contributed by atoms with E-state index in [0.717, 1.165) is 22.4 Å². The van der Waals surface area contributed by atoms with Gasteiger partial charge in [0.05, 0.1) is 13.3 Å². The molecule has 2 unspecified atom stereocenters. The van der Waals surface area contributed by atoms with Crippen LogP contribution in [0.15, 0.2) is 36.7 Å². The Morgan fingerprint density at radius 2 is 2.15 bits per heavy atom. The molecule has 1 aromatic carbocycles. The van der Waals surface area contributed by atoms with Crippen LogP contribution in [-0.4, -0.2) is 18.3 Å². The molecule has 0 saturated carbocycles. The fourth-order valence-electron chi connectivity index (χ4n) is 2.62. The van der Waals surface area contributed by atoms with Crippen molar-refractivity contribution in [1.29, 1.82) is 0 Å². The molecule has 0 spiro atoms. The van der Waals surface area contributed by atoms with Crippen LogP contribution in [0.5, 0.6) is 11.5 Å². The molecule has 20 heavy (non-hydrogen) atoms. The van der Waals surface area contributed by atoms with E-state index in [9.17, 15) is 0 Å². The highest BCUT2D eigenvalue weighted by Gasteiger charge is 2.46. The molecule has 0 radical (unpaired) electrons. The molecule has 2 aromatic rings. The van der Waals surface area contributed by atoms with Gasteiger partial charge in [0.25, 0.3) is 0 Å². The molecule has 0 amide bonds. The Kier molecular flexibility index (Phi) is 2.88. The van der Waals surface area contributed by atoms with Gasteiger partial charge in [-0.15, -0.1) is 0 Å². The predicted octanol–water partition coefficient (Wildman–Crippen LogP) is 1.28. The monoisotopic (exact) mass is 271 g/mol. The molecule has 5 heteroatoms. The maximum atomic E-state index is 6.59. The SMILES string of the molecule is COc1cc(C)cc(C2(N)c3ccncc3OC2N)c1. The number of aromatic nitrogens is 1. The molecule has 0 saturated heterocycles. The molecule has 104 valence electrons. The van der Waals surface area contributed by atoms with Crippen molar-refractivity contribution in [2.45, 2.75) is 18.7 Å². The summed E-state index contributed by atoms with van der Waals surface area (Å²) in [6, 6.07) is 7.69. The van der Waals surface area contributed by atoms with E-state index in [2.05, 4.69) is 4.98 Å². The molecule has 3 rings (SSSR count). The van der Waals surface area contributed by atoms with Crippen LogP contribution in [0.3, 0.4) is 0 Å². The molecule has 1 aliphatic heterocycles. The Balaban J connectivity index is 2.20. The predicted molar refractivity (Wildman–Crippen MR) is 75.5 cm³/mol. The molecule has 1 aromatic heterocycles. The van der Waals surface area contributed by atoms with Crippen LogP contribution in [0.2, 0.25) is 0 Å². The van der Waals surface area contributed by atoms with E-state index in [-0.39, 0.29) is 0 Å². The van der Waals surface area contributed by atoms with Gasteiger partial charge in [-0.25, -0.2) is 0 Å². The van der Waals surface area contributed by atoms with Gasteiger partial charge >= 0.3 is 0 Å². The minimum atomic E-state index is -0.905. The van der Waals surface area contributed by atoms with Crippen LogP contribution >= 0.6 is 0 Å². The van der Waals surface area contributed by atoms with Gasteiger partial charge in [0.2, 0.25) is 0 Å². The number of methoxy groups -OCH3 is 1. The van der Waals surface area contributed by atoms with E-state index in [0.29, 0.717) is 5.75 Å². The van der Waals surface area contributed by atoms with E-state index in [4.69, 9.17) is 20.9 Å². The zero-order valence-corrected chi connectivity index (χ0v) is 11.5. The summed E-state index contributed by atoms with van der Waals surface area (Å²) >= 11 is 0. The van der Waals surface area contributed by atoms with E-state index in [1.807, 2.05) is 31.2 Å². The first-order valence-electron chi connectivity index (χ1n) is 6.37. The number of ether oxygens (including phenoxy) is 2. The summed E-state index contributed by atoms with van der Waals surface area (Å²) in [5.74, 6) is 1.38. The van der Waals surface area contributed by atoms with Gasteiger partial charge in [0.1, 0.15) is 17.0 Å². The largest absolute Gasteiger partial charge is 0.497 e. The summed E-state index contributed by atoms with van der Waals surface area (Å²) in [7, 11) is 1.63. The topological polar surface area (TPSA) is 83.4 Å². The molecule has 1 aliphatic rings.